The molecule has 0 atom stereocenters. The van der Waals surface area contributed by atoms with Gasteiger partial charge in [-0.3, -0.25) is 4.79 Å². The fraction of sp³-hybridized carbons (Fsp3) is 0.300. The number of aryl methyl sites for hydroxylation is 2. The van der Waals surface area contributed by atoms with E-state index in [0.717, 1.165) is 22.6 Å². The lowest BCUT2D eigenvalue weighted by atomic mass is 10.1. The minimum absolute atomic E-state index is 0.137. The van der Waals surface area contributed by atoms with Crippen LogP contribution in [0, 0.1) is 13.8 Å². The molecule has 0 aliphatic heterocycles. The minimum Gasteiger partial charge on any atom is -0.346 e. The van der Waals surface area contributed by atoms with Gasteiger partial charge >= 0.3 is 0 Å². The molecule has 3 heterocycles. The summed E-state index contributed by atoms with van der Waals surface area (Å²) >= 11 is 1.46. The van der Waals surface area contributed by atoms with Gasteiger partial charge in [-0.25, -0.2) is 14.2 Å². The molecule has 3 aromatic heterocycles. The first-order valence-electron chi connectivity index (χ1n) is 9.62. The molecule has 160 valence electrons. The van der Waals surface area contributed by atoms with Gasteiger partial charge in [-0.05, 0) is 38.3 Å². The second kappa shape index (κ2) is 8.34. The monoisotopic (exact) mass is 437 g/mol. The Kier molecular flexibility index (Phi) is 5.59. The van der Waals surface area contributed by atoms with E-state index in [1.165, 1.54) is 11.8 Å². The van der Waals surface area contributed by atoms with Crippen LogP contribution in [0.5, 0.6) is 0 Å². The summed E-state index contributed by atoms with van der Waals surface area (Å²) in [6.07, 6.45) is 3.75. The topological polar surface area (TPSA) is 106 Å². The number of carbonyl (C=O) groups excluding carboxylic acids is 1. The lowest BCUT2D eigenvalue weighted by Crippen LogP contribution is -2.18. The van der Waals surface area contributed by atoms with Gasteiger partial charge in [-0.2, -0.15) is 9.97 Å². The van der Waals surface area contributed by atoms with Crippen molar-refractivity contribution in [2.24, 2.45) is 0 Å². The van der Waals surface area contributed by atoms with Gasteiger partial charge in [0.25, 0.3) is 5.78 Å². The molecule has 1 aromatic carbocycles. The maximum Gasteiger partial charge on any atom is 0.253 e. The predicted octanol–water partition coefficient (Wildman–Crippen LogP) is 2.29. The Morgan fingerprint density at radius 2 is 2.00 bits per heavy atom. The Labute approximate surface area is 183 Å². The highest BCUT2D eigenvalue weighted by Gasteiger charge is 2.16. The van der Waals surface area contributed by atoms with Gasteiger partial charge in [0.1, 0.15) is 6.33 Å². The van der Waals surface area contributed by atoms with E-state index < -0.39 is 0 Å². The van der Waals surface area contributed by atoms with E-state index in [9.17, 15) is 4.79 Å². The Morgan fingerprint density at radius 3 is 2.71 bits per heavy atom. The van der Waals surface area contributed by atoms with E-state index in [4.69, 9.17) is 0 Å². The van der Waals surface area contributed by atoms with E-state index in [0.29, 0.717) is 22.6 Å². The summed E-state index contributed by atoms with van der Waals surface area (Å²) in [6, 6.07) is 7.47. The van der Waals surface area contributed by atoms with Crippen molar-refractivity contribution in [3.63, 3.8) is 0 Å². The molecular weight excluding hydrogens is 414 g/mol. The number of rotatable bonds is 6. The number of hydrogen-bond donors (Lipinski definition) is 1. The van der Waals surface area contributed by atoms with Crippen molar-refractivity contribution in [3.05, 3.63) is 47.5 Å². The van der Waals surface area contributed by atoms with E-state index in [-0.39, 0.29) is 12.3 Å². The number of anilines is 2. The number of thioether (sulfide) groups is 1. The quantitative estimate of drug-likeness (QED) is 0.458. The molecule has 0 aliphatic carbocycles. The van der Waals surface area contributed by atoms with E-state index in [1.807, 2.05) is 63.4 Å². The third kappa shape index (κ3) is 4.22. The van der Waals surface area contributed by atoms with Gasteiger partial charge < -0.3 is 10.2 Å². The second-order valence-electron chi connectivity index (χ2n) is 7.23. The number of aromatic nitrogens is 7. The fourth-order valence-corrected chi connectivity index (χ4v) is 3.54. The molecule has 1 amide bonds. The first-order chi connectivity index (χ1) is 14.9. The Balaban J connectivity index is 1.54. The van der Waals surface area contributed by atoms with Gasteiger partial charge in [0, 0.05) is 36.7 Å². The Hall–Kier alpha value is -3.47. The zero-order chi connectivity index (χ0) is 22.1. The Morgan fingerprint density at radius 1 is 1.19 bits per heavy atom. The van der Waals surface area contributed by atoms with Crippen LogP contribution in [0.1, 0.15) is 17.0 Å². The SMILES string of the molecule is CSc1nc2nc(C)c(CC(=O)Nc3cccc(-n4cnc(N(C)C)n4)c3)c(C)n2n1. The maximum atomic E-state index is 12.8. The smallest absolute Gasteiger partial charge is 0.253 e. The number of fused-ring (bicyclic) bond motifs is 1. The number of benzene rings is 1. The lowest BCUT2D eigenvalue weighted by Gasteiger charge is -2.11. The van der Waals surface area contributed by atoms with Crippen molar-refractivity contribution in [1.29, 1.82) is 0 Å². The van der Waals surface area contributed by atoms with Crippen molar-refractivity contribution in [3.8, 4) is 5.69 Å². The maximum absolute atomic E-state index is 12.8. The summed E-state index contributed by atoms with van der Waals surface area (Å²) in [4.78, 5) is 27.8. The molecule has 0 unspecified atom stereocenters. The first kappa shape index (κ1) is 20.8. The molecule has 0 fully saturated rings. The molecule has 0 radical (unpaired) electrons. The van der Waals surface area contributed by atoms with Crippen LogP contribution in [0.3, 0.4) is 0 Å². The van der Waals surface area contributed by atoms with Crippen LogP contribution in [0.25, 0.3) is 11.5 Å². The molecule has 0 bridgehead atoms. The molecule has 4 rings (SSSR count). The van der Waals surface area contributed by atoms with Crippen LogP contribution in [0.4, 0.5) is 11.6 Å². The summed E-state index contributed by atoms with van der Waals surface area (Å²) in [5.41, 5.74) is 3.96. The summed E-state index contributed by atoms with van der Waals surface area (Å²) in [6.45, 7) is 3.81. The molecule has 0 spiro atoms. The van der Waals surface area contributed by atoms with Crippen molar-refractivity contribution >= 4 is 35.1 Å². The fourth-order valence-electron chi connectivity index (χ4n) is 3.21. The van der Waals surface area contributed by atoms with Gasteiger partial charge in [-0.15, -0.1) is 10.2 Å². The zero-order valence-corrected chi connectivity index (χ0v) is 18.8. The predicted molar refractivity (Wildman–Crippen MR) is 120 cm³/mol. The highest BCUT2D eigenvalue weighted by molar-refractivity contribution is 7.98. The highest BCUT2D eigenvalue weighted by atomic mass is 32.2. The number of nitrogens with one attached hydrogen (secondary N) is 1. The molecule has 31 heavy (non-hydrogen) atoms. The first-order valence-corrected chi connectivity index (χ1v) is 10.8. The van der Waals surface area contributed by atoms with E-state index in [2.05, 4.69) is 30.5 Å². The lowest BCUT2D eigenvalue weighted by molar-refractivity contribution is -0.115. The van der Waals surface area contributed by atoms with Crippen LogP contribution in [0.15, 0.2) is 35.7 Å². The molecule has 0 saturated carbocycles. The van der Waals surface area contributed by atoms with Gasteiger partial charge in [-0.1, -0.05) is 17.8 Å². The standard InChI is InChI=1S/C20H23N9OS/c1-12-16(13(2)29-19(22-12)24-20(26-29)31-5)10-17(30)23-14-7-6-8-15(9-14)28-11-21-18(25-28)27(3)4/h6-9,11H,10H2,1-5H3,(H,23,30). The van der Waals surface area contributed by atoms with Gasteiger partial charge in [0.15, 0.2) is 0 Å². The number of carbonyl (C=O) groups is 1. The van der Waals surface area contributed by atoms with Crippen LogP contribution >= 0.6 is 11.8 Å². The normalized spacial score (nSPS) is 11.1. The molecule has 4 aromatic rings. The zero-order valence-electron chi connectivity index (χ0n) is 18.0. The summed E-state index contributed by atoms with van der Waals surface area (Å²) < 4.78 is 3.36. The van der Waals surface area contributed by atoms with Crippen LogP contribution in [-0.4, -0.2) is 60.6 Å². The average Bonchev–Trinajstić information content (AvgIpc) is 3.39. The van der Waals surface area contributed by atoms with Crippen LogP contribution in [0.2, 0.25) is 0 Å². The molecule has 10 nitrogen and oxygen atoms in total. The van der Waals surface area contributed by atoms with Crippen molar-refractivity contribution < 1.29 is 4.79 Å². The molecule has 0 saturated heterocycles. The molecular formula is C20H23N9OS. The molecule has 11 heteroatoms. The summed E-state index contributed by atoms with van der Waals surface area (Å²) in [7, 11) is 3.77. The van der Waals surface area contributed by atoms with Gasteiger partial charge in [0.05, 0.1) is 12.1 Å². The van der Waals surface area contributed by atoms with Crippen LogP contribution < -0.4 is 10.2 Å². The van der Waals surface area contributed by atoms with Crippen molar-refractivity contribution in [1.82, 2.24) is 34.3 Å². The van der Waals surface area contributed by atoms with Crippen molar-refractivity contribution in [2.45, 2.75) is 25.4 Å². The third-order valence-corrected chi connectivity index (χ3v) is 5.36. The minimum atomic E-state index is -0.137. The molecule has 1 N–H and O–H groups in total. The third-order valence-electron chi connectivity index (χ3n) is 4.82. The van der Waals surface area contributed by atoms with Crippen molar-refractivity contribution in [2.75, 3.05) is 30.6 Å². The molecule has 0 aliphatic rings. The summed E-state index contributed by atoms with van der Waals surface area (Å²) in [5.74, 6) is 1.02. The van der Waals surface area contributed by atoms with Crippen LogP contribution in [-0.2, 0) is 11.2 Å². The summed E-state index contributed by atoms with van der Waals surface area (Å²) in [5, 5.41) is 12.5. The second-order valence-corrected chi connectivity index (χ2v) is 8.00. The van der Waals surface area contributed by atoms with Gasteiger partial charge in [0.2, 0.25) is 17.0 Å². The number of amides is 1. The largest absolute Gasteiger partial charge is 0.346 e. The number of hydrogen-bond acceptors (Lipinski definition) is 8. The number of nitrogens with zero attached hydrogens (tertiary/aromatic N) is 8. The Bertz CT molecular complexity index is 1260. The van der Waals surface area contributed by atoms with E-state index >= 15 is 0 Å². The average molecular weight is 438 g/mol. The van der Waals surface area contributed by atoms with E-state index in [1.54, 1.807) is 15.5 Å². The highest BCUT2D eigenvalue weighted by Crippen LogP contribution is 2.19.